The van der Waals surface area contributed by atoms with E-state index in [0.29, 0.717) is 13.1 Å². The number of rotatable bonds is 4. The van der Waals surface area contributed by atoms with Crippen LogP contribution in [0.4, 0.5) is 18.9 Å². The Bertz CT molecular complexity index is 1040. The maximum absolute atomic E-state index is 14.9. The van der Waals surface area contributed by atoms with Gasteiger partial charge in [-0.1, -0.05) is 11.8 Å². The van der Waals surface area contributed by atoms with Crippen molar-refractivity contribution < 1.29 is 22.7 Å². The van der Waals surface area contributed by atoms with Gasteiger partial charge in [0, 0.05) is 31.6 Å². The summed E-state index contributed by atoms with van der Waals surface area (Å²) in [4.78, 5) is 29.1. The molecule has 10 heteroatoms. The molecule has 1 aromatic heterocycles. The summed E-state index contributed by atoms with van der Waals surface area (Å²) in [5, 5.41) is -1.20. The number of fused-ring (bicyclic) bond motifs is 3. The van der Waals surface area contributed by atoms with Crippen LogP contribution in [0.25, 0.3) is 10.9 Å². The minimum absolute atomic E-state index is 0.0371. The lowest BCUT2D eigenvalue weighted by molar-refractivity contribution is 0.0514. The highest BCUT2D eigenvalue weighted by atomic mass is 32.2. The predicted molar refractivity (Wildman–Crippen MR) is 105 cm³/mol. The largest absolute Gasteiger partial charge is 0.462 e. The van der Waals surface area contributed by atoms with Crippen molar-refractivity contribution >= 4 is 34.3 Å². The first-order valence-corrected chi connectivity index (χ1v) is 10.2. The van der Waals surface area contributed by atoms with Crippen LogP contribution in [0, 0.1) is 5.82 Å². The maximum atomic E-state index is 14.9. The van der Waals surface area contributed by atoms with Crippen molar-refractivity contribution in [3.8, 4) is 0 Å². The zero-order chi connectivity index (χ0) is 20.9. The lowest BCUT2D eigenvalue weighted by Crippen LogP contribution is -2.44. The number of halogens is 3. The summed E-state index contributed by atoms with van der Waals surface area (Å²) in [7, 11) is 1.97. The first-order chi connectivity index (χ1) is 13.8. The lowest BCUT2D eigenvalue weighted by atomic mass is 10.1. The minimum Gasteiger partial charge on any atom is -0.462 e. The molecule has 0 bridgehead atoms. The van der Waals surface area contributed by atoms with Gasteiger partial charge in [0.05, 0.1) is 22.8 Å². The normalized spacial score (nSPS) is 19.4. The van der Waals surface area contributed by atoms with Gasteiger partial charge in [0.25, 0.3) is 6.43 Å². The SMILES string of the molecule is CCOC(=O)c1c2n(c3cc(N4CCN(C)CC4)c(F)cc3c1=O)C(C(F)F)S2. The van der Waals surface area contributed by atoms with E-state index in [1.165, 1.54) is 10.6 Å². The molecule has 2 aliphatic rings. The fourth-order valence-corrected chi connectivity index (χ4v) is 4.83. The number of hydrogen-bond donors (Lipinski definition) is 0. The first kappa shape index (κ1) is 20.1. The van der Waals surface area contributed by atoms with Gasteiger partial charge in [-0.25, -0.2) is 18.0 Å². The van der Waals surface area contributed by atoms with Crippen LogP contribution in [0.5, 0.6) is 0 Å². The van der Waals surface area contributed by atoms with Crippen LogP contribution in [0.3, 0.4) is 0 Å². The molecule has 6 nitrogen and oxygen atoms in total. The number of anilines is 1. The van der Waals surface area contributed by atoms with Crippen molar-refractivity contribution in [3.63, 3.8) is 0 Å². The second-order valence-corrected chi connectivity index (χ2v) is 8.16. The standard InChI is InChI=1S/C19H20F3N3O3S/c1-3-28-19(27)14-15(26)10-8-11(20)13(24-6-4-23(2)5-7-24)9-12(10)25-17(14)29-18(25)16(21)22/h8-9,16,18H,3-7H2,1-2H3. The van der Waals surface area contributed by atoms with Crippen LogP contribution in [0.2, 0.25) is 0 Å². The molecule has 29 heavy (non-hydrogen) atoms. The van der Waals surface area contributed by atoms with Crippen molar-refractivity contribution in [1.29, 1.82) is 0 Å². The molecule has 0 radical (unpaired) electrons. The van der Waals surface area contributed by atoms with E-state index >= 15 is 0 Å². The highest BCUT2D eigenvalue weighted by molar-refractivity contribution is 8.00. The Kier molecular flexibility index (Phi) is 5.24. The second kappa shape index (κ2) is 7.56. The van der Waals surface area contributed by atoms with Crippen molar-refractivity contribution in [2.45, 2.75) is 23.7 Å². The van der Waals surface area contributed by atoms with Gasteiger partial charge < -0.3 is 19.1 Å². The molecular formula is C19H20F3N3O3S. The Labute approximate surface area is 169 Å². The molecule has 1 saturated heterocycles. The molecule has 0 N–H and O–H groups in total. The molecule has 0 amide bonds. The summed E-state index contributed by atoms with van der Waals surface area (Å²) in [6.07, 6.45) is -2.70. The van der Waals surface area contributed by atoms with Crippen LogP contribution in [0.15, 0.2) is 22.0 Å². The number of benzene rings is 1. The zero-order valence-electron chi connectivity index (χ0n) is 16.0. The Hall–Kier alpha value is -2.20. The molecule has 1 fully saturated rings. The summed E-state index contributed by atoms with van der Waals surface area (Å²) in [6.45, 7) is 4.28. The van der Waals surface area contributed by atoms with Crippen molar-refractivity contribution in [2.75, 3.05) is 44.7 Å². The highest BCUT2D eigenvalue weighted by Crippen LogP contribution is 2.50. The quantitative estimate of drug-likeness (QED) is 0.700. The van der Waals surface area contributed by atoms with E-state index in [4.69, 9.17) is 4.74 Å². The fourth-order valence-electron chi connectivity index (χ4n) is 3.72. The molecule has 0 spiro atoms. The number of nitrogens with zero attached hydrogens (tertiary/aromatic N) is 3. The van der Waals surface area contributed by atoms with E-state index in [-0.39, 0.29) is 33.8 Å². The number of esters is 1. The van der Waals surface area contributed by atoms with Crippen molar-refractivity contribution in [3.05, 3.63) is 33.7 Å². The topological polar surface area (TPSA) is 54.8 Å². The molecule has 0 saturated carbocycles. The highest BCUT2D eigenvalue weighted by Gasteiger charge is 2.40. The van der Waals surface area contributed by atoms with Crippen LogP contribution >= 0.6 is 11.8 Å². The van der Waals surface area contributed by atoms with Crippen LogP contribution in [0.1, 0.15) is 22.7 Å². The molecule has 1 aromatic carbocycles. The molecule has 2 aromatic rings. The smallest absolute Gasteiger partial charge is 0.344 e. The lowest BCUT2D eigenvalue weighted by Gasteiger charge is -2.36. The van der Waals surface area contributed by atoms with E-state index < -0.39 is 29.0 Å². The van der Waals surface area contributed by atoms with Gasteiger partial charge in [-0.15, -0.1) is 0 Å². The van der Waals surface area contributed by atoms with Gasteiger partial charge in [-0.2, -0.15) is 0 Å². The minimum atomic E-state index is -2.70. The first-order valence-electron chi connectivity index (χ1n) is 9.30. The van der Waals surface area contributed by atoms with Crippen molar-refractivity contribution in [2.24, 2.45) is 0 Å². The Balaban J connectivity index is 1.91. The van der Waals surface area contributed by atoms with Gasteiger partial charge in [0.15, 0.2) is 0 Å². The fraction of sp³-hybridized carbons (Fsp3) is 0.474. The summed E-state index contributed by atoms with van der Waals surface area (Å²) < 4.78 is 48.1. The van der Waals surface area contributed by atoms with Crippen LogP contribution in [-0.2, 0) is 4.74 Å². The number of ether oxygens (including phenoxy) is 1. The number of alkyl halides is 2. The van der Waals surface area contributed by atoms with Gasteiger partial charge in [-0.05, 0) is 26.1 Å². The van der Waals surface area contributed by atoms with Crippen LogP contribution in [-0.4, -0.2) is 61.7 Å². The number of hydrogen-bond acceptors (Lipinski definition) is 6. The number of piperazine rings is 1. The number of aromatic nitrogens is 1. The molecule has 1 unspecified atom stereocenters. The van der Waals surface area contributed by atoms with Gasteiger partial charge >= 0.3 is 5.97 Å². The Morgan fingerprint density at radius 2 is 1.97 bits per heavy atom. The molecule has 1 atom stereocenters. The third kappa shape index (κ3) is 3.28. The number of likely N-dealkylation sites (N-methyl/N-ethyl adjacent to an activating group) is 1. The number of carbonyl (C=O) groups excluding carboxylic acids is 1. The molecule has 156 valence electrons. The monoisotopic (exact) mass is 427 g/mol. The summed E-state index contributed by atoms with van der Waals surface area (Å²) in [5.41, 5.74) is -0.535. The third-order valence-electron chi connectivity index (χ3n) is 5.25. The van der Waals surface area contributed by atoms with Crippen LogP contribution < -0.4 is 10.3 Å². The molecule has 2 aliphatic heterocycles. The molecule has 3 heterocycles. The third-order valence-corrected chi connectivity index (χ3v) is 6.54. The average Bonchev–Trinajstić information content (AvgIpc) is 2.65. The average molecular weight is 427 g/mol. The van der Waals surface area contributed by atoms with Gasteiger partial charge in [0.2, 0.25) is 5.43 Å². The Morgan fingerprint density at radius 3 is 2.59 bits per heavy atom. The number of carbonyl (C=O) groups is 1. The molecule has 0 aliphatic carbocycles. The number of thioether (sulfide) groups is 1. The zero-order valence-corrected chi connectivity index (χ0v) is 16.8. The van der Waals surface area contributed by atoms with E-state index in [0.717, 1.165) is 30.9 Å². The van der Waals surface area contributed by atoms with E-state index in [1.807, 2.05) is 11.9 Å². The molecular weight excluding hydrogens is 407 g/mol. The van der Waals surface area contributed by atoms with Crippen molar-refractivity contribution in [1.82, 2.24) is 9.47 Å². The molecule has 4 rings (SSSR count). The second-order valence-electron chi connectivity index (χ2n) is 7.05. The van der Waals surface area contributed by atoms with Gasteiger partial charge in [-0.3, -0.25) is 4.79 Å². The van der Waals surface area contributed by atoms with Gasteiger partial charge in [0.1, 0.15) is 16.8 Å². The summed E-state index contributed by atoms with van der Waals surface area (Å²) in [6, 6.07) is 2.50. The summed E-state index contributed by atoms with van der Waals surface area (Å²) in [5.74, 6) is -1.50. The van der Waals surface area contributed by atoms with E-state index in [2.05, 4.69) is 4.90 Å². The summed E-state index contributed by atoms with van der Waals surface area (Å²) >= 11 is 0.761. The predicted octanol–water partition coefficient (Wildman–Crippen LogP) is 2.94. The number of pyridine rings is 1. The van der Waals surface area contributed by atoms with E-state index in [9.17, 15) is 22.8 Å². The Morgan fingerprint density at radius 1 is 1.28 bits per heavy atom. The van der Waals surface area contributed by atoms with E-state index in [1.54, 1.807) is 6.92 Å². The maximum Gasteiger partial charge on any atom is 0.344 e.